The van der Waals surface area contributed by atoms with E-state index in [1.807, 2.05) is 13.8 Å². The maximum absolute atomic E-state index is 13.0. The van der Waals surface area contributed by atoms with Gasteiger partial charge in [-0.25, -0.2) is 4.72 Å². The van der Waals surface area contributed by atoms with E-state index < -0.39 is 10.5 Å². The summed E-state index contributed by atoms with van der Waals surface area (Å²) in [5.41, 5.74) is -0.768. The second kappa shape index (κ2) is 7.09. The molecule has 4 saturated carbocycles. The van der Waals surface area contributed by atoms with Crippen LogP contribution < -0.4 is 10.0 Å². The van der Waals surface area contributed by atoms with Gasteiger partial charge in [-0.15, -0.1) is 0 Å². The lowest BCUT2D eigenvalue weighted by molar-refractivity contribution is -0.387. The third kappa shape index (κ3) is 3.72. The molecule has 0 unspecified atom stereocenters. The Morgan fingerprint density at radius 1 is 1.11 bits per heavy atom. The van der Waals surface area contributed by atoms with Crippen molar-refractivity contribution < 1.29 is 9.72 Å². The maximum atomic E-state index is 13.0. The summed E-state index contributed by atoms with van der Waals surface area (Å²) < 4.78 is 3.14. The first-order chi connectivity index (χ1) is 12.8. The van der Waals surface area contributed by atoms with Crippen molar-refractivity contribution in [2.75, 3.05) is 0 Å². The van der Waals surface area contributed by atoms with Gasteiger partial charge in [-0.2, -0.15) is 0 Å². The van der Waals surface area contributed by atoms with Crippen LogP contribution in [0.25, 0.3) is 0 Å². The quantitative estimate of drug-likeness (QED) is 0.438. The van der Waals surface area contributed by atoms with Crippen molar-refractivity contribution in [3.63, 3.8) is 0 Å². The van der Waals surface area contributed by atoms with Gasteiger partial charge in [0, 0.05) is 12.1 Å². The first kappa shape index (κ1) is 18.7. The highest BCUT2D eigenvalue weighted by molar-refractivity contribution is 7.97. The Balaban J connectivity index is 1.39. The van der Waals surface area contributed by atoms with Crippen molar-refractivity contribution in [1.29, 1.82) is 0 Å². The number of nitrogens with one attached hydrogen (secondary N) is 2. The summed E-state index contributed by atoms with van der Waals surface area (Å²) in [5, 5.41) is 14.5. The minimum Gasteiger partial charge on any atom is -0.351 e. The fourth-order valence-corrected chi connectivity index (χ4v) is 6.27. The number of amides is 1. The lowest BCUT2D eigenvalue weighted by Crippen LogP contribution is -2.60. The molecule has 1 amide bonds. The van der Waals surface area contributed by atoms with Crippen LogP contribution in [0.1, 0.15) is 46.0 Å². The van der Waals surface area contributed by atoms with E-state index in [0.717, 1.165) is 23.8 Å². The van der Waals surface area contributed by atoms with Crippen LogP contribution in [0.3, 0.4) is 0 Å². The highest BCUT2D eigenvalue weighted by Crippen LogP contribution is 2.53. The van der Waals surface area contributed by atoms with Gasteiger partial charge < -0.3 is 5.32 Å². The Labute approximate surface area is 164 Å². The van der Waals surface area contributed by atoms with E-state index in [4.69, 9.17) is 0 Å². The van der Waals surface area contributed by atoms with E-state index in [0.29, 0.717) is 22.8 Å². The predicted molar refractivity (Wildman–Crippen MR) is 105 cm³/mol. The van der Waals surface area contributed by atoms with Crippen LogP contribution in [-0.4, -0.2) is 22.4 Å². The van der Waals surface area contributed by atoms with Gasteiger partial charge in [0.25, 0.3) is 5.69 Å². The van der Waals surface area contributed by atoms with E-state index in [2.05, 4.69) is 10.0 Å². The molecule has 1 aromatic rings. The minimum atomic E-state index is -0.816. The molecule has 7 heteroatoms. The van der Waals surface area contributed by atoms with Crippen molar-refractivity contribution in [2.45, 2.75) is 62.4 Å². The zero-order valence-electron chi connectivity index (χ0n) is 15.8. The molecule has 0 aliphatic heterocycles. The number of nitro benzene ring substituents is 1. The smallest absolute Gasteiger partial charge is 0.284 e. The Morgan fingerprint density at radius 3 is 2.30 bits per heavy atom. The third-order valence-corrected chi connectivity index (χ3v) is 7.75. The summed E-state index contributed by atoms with van der Waals surface area (Å²) >= 11 is 1.15. The highest BCUT2D eigenvalue weighted by Gasteiger charge is 2.49. The number of nitro groups is 1. The number of hydrogen-bond acceptors (Lipinski definition) is 5. The van der Waals surface area contributed by atoms with E-state index in [9.17, 15) is 14.9 Å². The maximum Gasteiger partial charge on any atom is 0.284 e. The van der Waals surface area contributed by atoms with Gasteiger partial charge in [-0.3, -0.25) is 14.9 Å². The number of carbonyl (C=O) groups is 1. The van der Waals surface area contributed by atoms with Gasteiger partial charge >= 0.3 is 0 Å². The van der Waals surface area contributed by atoms with Crippen LogP contribution >= 0.6 is 11.9 Å². The largest absolute Gasteiger partial charge is 0.351 e. The van der Waals surface area contributed by atoms with Gasteiger partial charge in [0.15, 0.2) is 0 Å². The lowest BCUT2D eigenvalue weighted by atomic mass is 9.54. The first-order valence-corrected chi connectivity index (χ1v) is 10.6. The molecule has 0 aromatic heterocycles. The van der Waals surface area contributed by atoms with Crippen molar-refractivity contribution in [3.05, 3.63) is 34.4 Å². The van der Waals surface area contributed by atoms with Crippen molar-refractivity contribution in [1.82, 2.24) is 10.0 Å². The molecule has 0 atom stereocenters. The minimum absolute atomic E-state index is 0.0222. The molecule has 4 aliphatic rings. The van der Waals surface area contributed by atoms with Gasteiger partial charge in [-0.1, -0.05) is 12.1 Å². The number of rotatable bonds is 6. The van der Waals surface area contributed by atoms with Crippen LogP contribution in [0, 0.1) is 33.8 Å². The summed E-state index contributed by atoms with van der Waals surface area (Å²) in [6.45, 7) is 3.67. The topological polar surface area (TPSA) is 84.3 Å². The molecule has 2 N–H and O–H groups in total. The molecule has 0 saturated heterocycles. The fourth-order valence-electron chi connectivity index (χ4n) is 5.42. The number of carbonyl (C=O) groups excluding carboxylic acids is 1. The SMILES string of the molecule is CC(C)(NSc1ccccc1[N+](=O)[O-])C(=O)NC1C2CC3CC(C2)CC1C3. The van der Waals surface area contributed by atoms with Gasteiger partial charge in [-0.05, 0) is 87.6 Å². The van der Waals surface area contributed by atoms with Gasteiger partial charge in [0.1, 0.15) is 10.4 Å². The van der Waals surface area contributed by atoms with Crippen molar-refractivity contribution >= 4 is 23.5 Å². The standard InChI is InChI=1S/C20H27N3O3S/c1-20(2,22-27-17-6-4-3-5-16(17)23(25)26)19(24)21-18-14-8-12-7-13(10-14)11-15(18)9-12/h3-6,12-15,18,22H,7-11H2,1-2H3,(H,21,24). The molecule has 146 valence electrons. The molecule has 6 nitrogen and oxygen atoms in total. The van der Waals surface area contributed by atoms with Crippen LogP contribution in [-0.2, 0) is 4.79 Å². The monoisotopic (exact) mass is 389 g/mol. The molecule has 27 heavy (non-hydrogen) atoms. The fraction of sp³-hybridized carbons (Fsp3) is 0.650. The second-order valence-corrected chi connectivity index (χ2v) is 9.83. The van der Waals surface area contributed by atoms with Crippen LogP contribution in [0.2, 0.25) is 0 Å². The first-order valence-electron chi connectivity index (χ1n) is 9.82. The Morgan fingerprint density at radius 2 is 1.70 bits per heavy atom. The average molecular weight is 390 g/mol. The molecule has 0 spiro atoms. The third-order valence-electron chi connectivity index (χ3n) is 6.57. The Kier molecular flexibility index (Phi) is 4.93. The van der Waals surface area contributed by atoms with Crippen LogP contribution in [0.15, 0.2) is 29.2 Å². The molecule has 0 heterocycles. The molecule has 4 fully saturated rings. The van der Waals surface area contributed by atoms with Crippen molar-refractivity contribution in [3.8, 4) is 0 Å². The molecular formula is C20H27N3O3S. The van der Waals surface area contributed by atoms with Crippen LogP contribution in [0.5, 0.6) is 0 Å². The summed E-state index contributed by atoms with van der Waals surface area (Å²) in [6, 6.07) is 6.88. The van der Waals surface area contributed by atoms with Gasteiger partial charge in [0.05, 0.1) is 4.92 Å². The highest BCUT2D eigenvalue weighted by atomic mass is 32.2. The van der Waals surface area contributed by atoms with E-state index in [1.165, 1.54) is 38.2 Å². The number of hydrogen-bond donors (Lipinski definition) is 2. The van der Waals surface area contributed by atoms with E-state index in [-0.39, 0.29) is 11.6 Å². The van der Waals surface area contributed by atoms with Gasteiger partial charge in [0.2, 0.25) is 5.91 Å². The Bertz CT molecular complexity index is 724. The lowest BCUT2D eigenvalue weighted by Gasteiger charge is -2.54. The summed E-state index contributed by atoms with van der Waals surface area (Å²) in [7, 11) is 0. The number of para-hydroxylation sites is 1. The van der Waals surface area contributed by atoms with E-state index in [1.54, 1.807) is 18.2 Å². The molecular weight excluding hydrogens is 362 g/mol. The Hall–Kier alpha value is -1.60. The zero-order chi connectivity index (χ0) is 19.2. The predicted octanol–water partition coefficient (Wildman–Crippen LogP) is 3.91. The summed E-state index contributed by atoms with van der Waals surface area (Å²) in [4.78, 5) is 24.3. The summed E-state index contributed by atoms with van der Waals surface area (Å²) in [5.74, 6) is 2.99. The van der Waals surface area contributed by atoms with Crippen LogP contribution in [0.4, 0.5) is 5.69 Å². The molecule has 4 bridgehead atoms. The van der Waals surface area contributed by atoms with Crippen molar-refractivity contribution in [2.24, 2.45) is 23.7 Å². The zero-order valence-corrected chi connectivity index (χ0v) is 16.6. The molecule has 5 rings (SSSR count). The molecule has 0 radical (unpaired) electrons. The molecule has 1 aromatic carbocycles. The number of benzene rings is 1. The second-order valence-electron chi connectivity index (χ2n) is 8.98. The normalized spacial score (nSPS) is 31.7. The summed E-state index contributed by atoms with van der Waals surface area (Å²) in [6.07, 6.45) is 6.44. The van der Waals surface area contributed by atoms with E-state index >= 15 is 0 Å². The molecule has 4 aliphatic carbocycles. The number of nitrogens with zero attached hydrogens (tertiary/aromatic N) is 1. The average Bonchev–Trinajstić information content (AvgIpc) is 2.62.